The molecule has 0 saturated heterocycles. The average Bonchev–Trinajstić information content (AvgIpc) is 2.37. The summed E-state index contributed by atoms with van der Waals surface area (Å²) in [5.74, 6) is -1.34. The number of rotatable bonds is 3. The summed E-state index contributed by atoms with van der Waals surface area (Å²) in [6.45, 7) is 0. The lowest BCUT2D eigenvalue weighted by atomic mass is 10.1. The zero-order valence-electron chi connectivity index (χ0n) is 9.86. The Hall–Kier alpha value is -2.50. The summed E-state index contributed by atoms with van der Waals surface area (Å²) in [7, 11) is 0. The molecule has 0 aliphatic carbocycles. The third kappa shape index (κ3) is 3.48. The van der Waals surface area contributed by atoms with E-state index in [-0.39, 0.29) is 12.0 Å². The van der Waals surface area contributed by atoms with E-state index >= 15 is 0 Å². The van der Waals surface area contributed by atoms with Gasteiger partial charge in [0.05, 0.1) is 18.3 Å². The van der Waals surface area contributed by atoms with Crippen LogP contribution in [0.3, 0.4) is 0 Å². The first-order valence-electron chi connectivity index (χ1n) is 5.50. The summed E-state index contributed by atoms with van der Waals surface area (Å²) in [6, 6.07) is 6.08. The molecule has 3 N–H and O–H groups in total. The molecule has 0 spiro atoms. The number of hydrogen-bond donors (Lipinski definition) is 2. The third-order valence-electron chi connectivity index (χ3n) is 2.43. The number of pyridine rings is 1. The van der Waals surface area contributed by atoms with Crippen LogP contribution in [-0.4, -0.2) is 10.9 Å². The molecule has 0 aliphatic rings. The molecule has 0 aliphatic heterocycles. The van der Waals surface area contributed by atoms with Crippen molar-refractivity contribution in [2.24, 2.45) is 0 Å². The number of anilines is 2. The summed E-state index contributed by atoms with van der Waals surface area (Å²) >= 11 is 0. The van der Waals surface area contributed by atoms with E-state index < -0.39 is 17.5 Å². The van der Waals surface area contributed by atoms with Crippen molar-refractivity contribution in [1.82, 2.24) is 4.98 Å². The Bertz CT molecular complexity index is 599. The highest BCUT2D eigenvalue weighted by Crippen LogP contribution is 2.12. The second-order valence-corrected chi connectivity index (χ2v) is 3.93. The molecule has 0 bridgehead atoms. The highest BCUT2D eigenvalue weighted by molar-refractivity contribution is 5.92. The van der Waals surface area contributed by atoms with Crippen molar-refractivity contribution in [3.8, 4) is 0 Å². The van der Waals surface area contributed by atoms with Gasteiger partial charge in [-0.25, -0.2) is 13.8 Å². The molecule has 1 aromatic heterocycles. The van der Waals surface area contributed by atoms with Gasteiger partial charge in [-0.05, 0) is 30.3 Å². The molecular weight excluding hydrogens is 252 g/mol. The number of nitrogens with zero attached hydrogens (tertiary/aromatic N) is 1. The molecule has 4 nitrogen and oxygen atoms in total. The Balaban J connectivity index is 2.05. The largest absolute Gasteiger partial charge is 0.384 e. The fourth-order valence-electron chi connectivity index (χ4n) is 1.54. The van der Waals surface area contributed by atoms with Crippen LogP contribution in [0.4, 0.5) is 20.3 Å². The number of nitrogen functional groups attached to an aromatic ring is 1. The van der Waals surface area contributed by atoms with E-state index in [1.54, 1.807) is 6.07 Å². The van der Waals surface area contributed by atoms with Crippen LogP contribution in [0.5, 0.6) is 0 Å². The van der Waals surface area contributed by atoms with E-state index in [1.165, 1.54) is 12.3 Å². The maximum atomic E-state index is 13.3. The Kier molecular flexibility index (Phi) is 3.70. The maximum Gasteiger partial charge on any atom is 0.228 e. The van der Waals surface area contributed by atoms with Crippen LogP contribution in [0, 0.1) is 11.6 Å². The van der Waals surface area contributed by atoms with Crippen molar-refractivity contribution in [3.05, 3.63) is 53.7 Å². The van der Waals surface area contributed by atoms with Gasteiger partial charge in [-0.15, -0.1) is 0 Å². The summed E-state index contributed by atoms with van der Waals surface area (Å²) in [4.78, 5) is 15.5. The van der Waals surface area contributed by atoms with Crippen molar-refractivity contribution in [1.29, 1.82) is 0 Å². The molecule has 0 unspecified atom stereocenters. The van der Waals surface area contributed by atoms with Gasteiger partial charge in [0.25, 0.3) is 0 Å². The lowest BCUT2D eigenvalue weighted by Gasteiger charge is -2.06. The van der Waals surface area contributed by atoms with Crippen molar-refractivity contribution in [2.75, 3.05) is 11.1 Å². The van der Waals surface area contributed by atoms with Crippen molar-refractivity contribution in [2.45, 2.75) is 6.42 Å². The summed E-state index contributed by atoms with van der Waals surface area (Å²) in [5, 5.41) is 2.52. The zero-order valence-corrected chi connectivity index (χ0v) is 9.86. The highest BCUT2D eigenvalue weighted by Gasteiger charge is 2.09. The Morgan fingerprint density at radius 1 is 1.26 bits per heavy atom. The summed E-state index contributed by atoms with van der Waals surface area (Å²) in [6.07, 6.45) is 1.13. The number of carbonyl (C=O) groups is 1. The number of hydrogen-bond acceptors (Lipinski definition) is 3. The number of nitrogens with two attached hydrogens (primary N) is 1. The molecule has 0 radical (unpaired) electrons. The zero-order chi connectivity index (χ0) is 13.8. The van der Waals surface area contributed by atoms with Crippen molar-refractivity contribution >= 4 is 17.4 Å². The SMILES string of the molecule is Nc1ccc(NC(=O)Cc2cc(F)ccc2F)cn1. The standard InChI is InChI=1S/C13H11F2N3O/c14-9-1-3-11(15)8(5-9)6-13(19)18-10-2-4-12(16)17-7-10/h1-5,7H,6H2,(H2,16,17)(H,18,19). The number of amides is 1. The van der Waals surface area contributed by atoms with Crippen LogP contribution in [-0.2, 0) is 11.2 Å². The molecule has 6 heteroatoms. The third-order valence-corrected chi connectivity index (χ3v) is 2.43. The monoisotopic (exact) mass is 263 g/mol. The van der Waals surface area contributed by atoms with E-state index in [4.69, 9.17) is 5.73 Å². The first-order chi connectivity index (χ1) is 9.04. The molecule has 0 atom stereocenters. The van der Waals surface area contributed by atoms with E-state index in [9.17, 15) is 13.6 Å². The van der Waals surface area contributed by atoms with E-state index in [1.807, 2.05) is 0 Å². The Labute approximate surface area is 108 Å². The number of halogens is 2. The minimum absolute atomic E-state index is 0.000837. The number of nitrogens with one attached hydrogen (secondary N) is 1. The van der Waals surface area contributed by atoms with Gasteiger partial charge in [-0.1, -0.05) is 0 Å². The van der Waals surface area contributed by atoms with Crippen LogP contribution in [0.15, 0.2) is 36.5 Å². The summed E-state index contributed by atoms with van der Waals surface area (Å²) in [5.41, 5.74) is 5.84. The number of benzene rings is 1. The fourth-order valence-corrected chi connectivity index (χ4v) is 1.54. The number of carbonyl (C=O) groups excluding carboxylic acids is 1. The van der Waals surface area contributed by atoms with Gasteiger partial charge >= 0.3 is 0 Å². The van der Waals surface area contributed by atoms with Gasteiger partial charge in [0.1, 0.15) is 17.5 Å². The molecular formula is C13H11F2N3O. The van der Waals surface area contributed by atoms with E-state index in [0.29, 0.717) is 11.5 Å². The van der Waals surface area contributed by atoms with Gasteiger partial charge in [-0.2, -0.15) is 0 Å². The molecule has 0 saturated carbocycles. The molecule has 19 heavy (non-hydrogen) atoms. The predicted octanol–water partition coefficient (Wildman–Crippen LogP) is 2.12. The molecule has 2 aromatic rings. The lowest BCUT2D eigenvalue weighted by molar-refractivity contribution is -0.115. The Morgan fingerprint density at radius 2 is 2.05 bits per heavy atom. The van der Waals surface area contributed by atoms with Crippen LogP contribution in [0.25, 0.3) is 0 Å². The number of aromatic nitrogens is 1. The highest BCUT2D eigenvalue weighted by atomic mass is 19.1. The molecule has 2 rings (SSSR count). The first-order valence-corrected chi connectivity index (χ1v) is 5.50. The lowest BCUT2D eigenvalue weighted by Crippen LogP contribution is -2.15. The van der Waals surface area contributed by atoms with Gasteiger partial charge in [0.15, 0.2) is 0 Å². The predicted molar refractivity (Wildman–Crippen MR) is 67.3 cm³/mol. The normalized spacial score (nSPS) is 10.2. The van der Waals surface area contributed by atoms with Crippen LogP contribution < -0.4 is 11.1 Å². The molecule has 1 aromatic carbocycles. The fraction of sp³-hybridized carbons (Fsp3) is 0.0769. The maximum absolute atomic E-state index is 13.3. The van der Waals surface area contributed by atoms with Gasteiger partial charge in [-0.3, -0.25) is 4.79 Å². The van der Waals surface area contributed by atoms with E-state index in [2.05, 4.69) is 10.3 Å². The van der Waals surface area contributed by atoms with E-state index in [0.717, 1.165) is 18.2 Å². The Morgan fingerprint density at radius 3 is 2.74 bits per heavy atom. The minimum Gasteiger partial charge on any atom is -0.384 e. The topological polar surface area (TPSA) is 68.0 Å². The molecule has 98 valence electrons. The van der Waals surface area contributed by atoms with Crippen LogP contribution in [0.1, 0.15) is 5.56 Å². The first kappa shape index (κ1) is 12.9. The van der Waals surface area contributed by atoms with Gasteiger partial charge in [0.2, 0.25) is 5.91 Å². The molecule has 1 heterocycles. The van der Waals surface area contributed by atoms with Gasteiger partial charge in [0, 0.05) is 5.56 Å². The van der Waals surface area contributed by atoms with Crippen LogP contribution in [0.2, 0.25) is 0 Å². The molecule has 0 fully saturated rings. The van der Waals surface area contributed by atoms with Crippen molar-refractivity contribution in [3.63, 3.8) is 0 Å². The minimum atomic E-state index is -0.619. The van der Waals surface area contributed by atoms with Crippen molar-refractivity contribution < 1.29 is 13.6 Å². The van der Waals surface area contributed by atoms with Gasteiger partial charge < -0.3 is 11.1 Å². The quantitative estimate of drug-likeness (QED) is 0.891. The molecule has 1 amide bonds. The average molecular weight is 263 g/mol. The second-order valence-electron chi connectivity index (χ2n) is 3.93. The summed E-state index contributed by atoms with van der Waals surface area (Å²) < 4.78 is 26.3. The smallest absolute Gasteiger partial charge is 0.228 e. The van der Waals surface area contributed by atoms with Crippen LogP contribution >= 0.6 is 0 Å². The second kappa shape index (κ2) is 5.43.